The van der Waals surface area contributed by atoms with Crippen LogP contribution in [0.3, 0.4) is 0 Å². The maximum absolute atomic E-state index is 10.4. The van der Waals surface area contributed by atoms with E-state index >= 15 is 0 Å². The summed E-state index contributed by atoms with van der Waals surface area (Å²) >= 11 is 0. The van der Waals surface area contributed by atoms with Crippen molar-refractivity contribution < 1.29 is 35.4 Å². The largest absolute Gasteiger partial charge is 0.748 e. The topological polar surface area (TPSA) is 133 Å². The molecule has 0 N–H and O–H groups in total. The van der Waals surface area contributed by atoms with Crippen molar-refractivity contribution in [1.82, 2.24) is 0 Å². The van der Waals surface area contributed by atoms with Gasteiger partial charge in [0.1, 0.15) is 11.5 Å². The van der Waals surface area contributed by atoms with Gasteiger partial charge >= 0.3 is 0 Å². The molecule has 0 radical (unpaired) electrons. The van der Waals surface area contributed by atoms with Crippen LogP contribution in [0.5, 0.6) is 11.5 Å². The fraction of sp³-hybridized carbons (Fsp3) is 0.500. The van der Waals surface area contributed by atoms with Gasteiger partial charge in [0.2, 0.25) is 0 Å². The van der Waals surface area contributed by atoms with Crippen molar-refractivity contribution in [2.75, 3.05) is 24.7 Å². The van der Waals surface area contributed by atoms with Crippen LogP contribution in [0.2, 0.25) is 0 Å². The predicted molar refractivity (Wildman–Crippen MR) is 75.8 cm³/mol. The Labute approximate surface area is 129 Å². The number of ether oxygens (including phenoxy) is 2. The molecule has 0 saturated carbocycles. The van der Waals surface area contributed by atoms with E-state index in [0.717, 1.165) is 0 Å². The molecule has 0 amide bonds. The summed E-state index contributed by atoms with van der Waals surface area (Å²) in [6, 6.07) is 6.35. The first kappa shape index (κ1) is 18.7. The van der Waals surface area contributed by atoms with E-state index in [1.165, 1.54) is 0 Å². The summed E-state index contributed by atoms with van der Waals surface area (Å²) in [5.41, 5.74) is 0. The molecule has 0 aliphatic rings. The molecule has 0 unspecified atom stereocenters. The van der Waals surface area contributed by atoms with Gasteiger partial charge in [0.05, 0.1) is 33.5 Å². The van der Waals surface area contributed by atoms with Gasteiger partial charge in [-0.15, -0.1) is 0 Å². The number of hydrogen-bond acceptors (Lipinski definition) is 8. The molecule has 0 atom stereocenters. The Kier molecular flexibility index (Phi) is 7.07. The van der Waals surface area contributed by atoms with Crippen molar-refractivity contribution in [3.8, 4) is 11.5 Å². The molecule has 1 aromatic carbocycles. The monoisotopic (exact) mass is 352 g/mol. The molecule has 1 rings (SSSR count). The summed E-state index contributed by atoms with van der Waals surface area (Å²) in [5, 5.41) is 0. The molecule has 0 spiro atoms. The van der Waals surface area contributed by atoms with E-state index in [1.54, 1.807) is 24.3 Å². The lowest BCUT2D eigenvalue weighted by molar-refractivity contribution is 0.307. The fourth-order valence-corrected chi connectivity index (χ4v) is 2.43. The Morgan fingerprint density at radius 1 is 0.727 bits per heavy atom. The van der Waals surface area contributed by atoms with Crippen molar-refractivity contribution in [3.63, 3.8) is 0 Å². The Balaban J connectivity index is 2.28. The van der Waals surface area contributed by atoms with E-state index in [2.05, 4.69) is 0 Å². The van der Waals surface area contributed by atoms with E-state index in [9.17, 15) is 25.9 Å². The van der Waals surface area contributed by atoms with Gasteiger partial charge in [0.15, 0.2) is 0 Å². The van der Waals surface area contributed by atoms with Crippen molar-refractivity contribution in [2.24, 2.45) is 0 Å². The molecule has 22 heavy (non-hydrogen) atoms. The molecule has 0 heterocycles. The highest BCUT2D eigenvalue weighted by Gasteiger charge is 2.00. The minimum Gasteiger partial charge on any atom is -0.748 e. The lowest BCUT2D eigenvalue weighted by atomic mass is 10.3. The Hall–Kier alpha value is -1.36. The van der Waals surface area contributed by atoms with Gasteiger partial charge < -0.3 is 18.6 Å². The van der Waals surface area contributed by atoms with Gasteiger partial charge in [-0.3, -0.25) is 0 Å². The summed E-state index contributed by atoms with van der Waals surface area (Å²) in [4.78, 5) is 0. The van der Waals surface area contributed by atoms with E-state index in [4.69, 9.17) is 9.47 Å². The van der Waals surface area contributed by atoms with E-state index in [1.807, 2.05) is 0 Å². The normalized spacial score (nSPS) is 12.1. The smallest absolute Gasteiger partial charge is 0.119 e. The summed E-state index contributed by atoms with van der Waals surface area (Å²) in [7, 11) is -8.45. The van der Waals surface area contributed by atoms with Gasteiger partial charge in [0.25, 0.3) is 0 Å². The average molecular weight is 352 g/mol. The van der Waals surface area contributed by atoms with Crippen LogP contribution >= 0.6 is 0 Å². The first-order valence-corrected chi connectivity index (χ1v) is 9.54. The summed E-state index contributed by atoms with van der Waals surface area (Å²) in [5.74, 6) is 0.0174. The third-order valence-corrected chi connectivity index (χ3v) is 4.02. The Bertz CT molecular complexity index is 590. The lowest BCUT2D eigenvalue weighted by Gasteiger charge is -2.10. The highest BCUT2D eigenvalue weighted by Crippen LogP contribution is 2.18. The van der Waals surface area contributed by atoms with E-state index in [-0.39, 0.29) is 26.1 Å². The SMILES string of the molecule is O=S(=O)([O-])CCCOc1ccc(OCCCS(=O)(=O)[O-])cc1. The zero-order valence-electron chi connectivity index (χ0n) is 11.6. The Morgan fingerprint density at radius 2 is 1.05 bits per heavy atom. The van der Waals surface area contributed by atoms with Gasteiger partial charge in [-0.2, -0.15) is 0 Å². The molecule has 0 saturated heterocycles. The molecule has 126 valence electrons. The van der Waals surface area contributed by atoms with Crippen LogP contribution in [0, 0.1) is 0 Å². The van der Waals surface area contributed by atoms with Gasteiger partial charge in [-0.25, -0.2) is 16.8 Å². The van der Waals surface area contributed by atoms with Gasteiger partial charge in [-0.1, -0.05) is 0 Å². The van der Waals surface area contributed by atoms with Crippen LogP contribution in [0.1, 0.15) is 12.8 Å². The standard InChI is InChI=1S/C12H18O8S2/c13-21(14,15)9-1-7-19-11-3-5-12(6-4-11)20-8-2-10-22(16,17)18/h3-6H,1-2,7-10H2,(H,13,14,15)(H,16,17,18)/p-2. The summed E-state index contributed by atoms with van der Waals surface area (Å²) in [6.45, 7) is 0.200. The first-order chi connectivity index (χ1) is 10.2. The maximum Gasteiger partial charge on any atom is 0.119 e. The zero-order chi connectivity index (χ0) is 16.6. The minimum absolute atomic E-state index is 0.100. The molecule has 8 nitrogen and oxygen atoms in total. The van der Waals surface area contributed by atoms with Crippen LogP contribution in [0.4, 0.5) is 0 Å². The highest BCUT2D eigenvalue weighted by molar-refractivity contribution is 7.85. The summed E-state index contributed by atoms with van der Waals surface area (Å²) in [6.07, 6.45) is 0.210. The number of benzene rings is 1. The van der Waals surface area contributed by atoms with Crippen LogP contribution in [0.25, 0.3) is 0 Å². The van der Waals surface area contributed by atoms with E-state index < -0.39 is 31.7 Å². The highest BCUT2D eigenvalue weighted by atomic mass is 32.2. The third-order valence-electron chi connectivity index (χ3n) is 2.44. The second kappa shape index (κ2) is 8.32. The molecule has 0 aliphatic carbocycles. The fourth-order valence-electron chi connectivity index (χ4n) is 1.48. The van der Waals surface area contributed by atoms with Crippen molar-refractivity contribution in [2.45, 2.75) is 12.8 Å². The molecule has 0 bridgehead atoms. The van der Waals surface area contributed by atoms with Crippen LogP contribution in [-0.2, 0) is 20.2 Å². The van der Waals surface area contributed by atoms with Gasteiger partial charge in [-0.05, 0) is 37.1 Å². The minimum atomic E-state index is -4.22. The van der Waals surface area contributed by atoms with Crippen molar-refractivity contribution >= 4 is 20.2 Å². The molecular weight excluding hydrogens is 336 g/mol. The maximum atomic E-state index is 10.4. The number of rotatable bonds is 10. The molecule has 1 aromatic rings. The lowest BCUT2D eigenvalue weighted by Crippen LogP contribution is -2.09. The quantitative estimate of drug-likeness (QED) is 0.434. The predicted octanol–water partition coefficient (Wildman–Crippen LogP) is 0.315. The molecule has 0 fully saturated rings. The zero-order valence-corrected chi connectivity index (χ0v) is 13.3. The van der Waals surface area contributed by atoms with Crippen LogP contribution < -0.4 is 9.47 Å². The Morgan fingerprint density at radius 3 is 1.32 bits per heavy atom. The van der Waals surface area contributed by atoms with Crippen molar-refractivity contribution in [3.05, 3.63) is 24.3 Å². The second-order valence-electron chi connectivity index (χ2n) is 4.40. The van der Waals surface area contributed by atoms with Crippen LogP contribution in [0.15, 0.2) is 24.3 Å². The third kappa shape index (κ3) is 9.55. The van der Waals surface area contributed by atoms with Crippen LogP contribution in [-0.4, -0.2) is 50.7 Å². The average Bonchev–Trinajstić information content (AvgIpc) is 2.39. The first-order valence-electron chi connectivity index (χ1n) is 6.38. The van der Waals surface area contributed by atoms with E-state index in [0.29, 0.717) is 11.5 Å². The molecule has 0 aromatic heterocycles. The molecule has 0 aliphatic heterocycles. The second-order valence-corrected chi connectivity index (χ2v) is 7.45. The van der Waals surface area contributed by atoms with Crippen molar-refractivity contribution in [1.29, 1.82) is 0 Å². The number of hydrogen-bond donors (Lipinski definition) is 0. The summed E-state index contributed by atoms with van der Waals surface area (Å²) < 4.78 is 72.8. The van der Waals surface area contributed by atoms with Gasteiger partial charge in [0, 0.05) is 11.5 Å². The molecule has 10 heteroatoms. The molecular formula is C12H16O8S2-2.